The Kier molecular flexibility index (Phi) is 6.66. The average molecular weight is 329 g/mol. The lowest BCUT2D eigenvalue weighted by Crippen LogP contribution is -2.30. The van der Waals surface area contributed by atoms with E-state index in [-0.39, 0.29) is 30.0 Å². The third-order valence-corrected chi connectivity index (χ3v) is 3.22. The first kappa shape index (κ1) is 18.7. The molecule has 0 bridgehead atoms. The van der Waals surface area contributed by atoms with E-state index in [4.69, 9.17) is 15.2 Å². The fourth-order valence-corrected chi connectivity index (χ4v) is 2.27. The average Bonchev–Trinajstić information content (AvgIpc) is 2.88. The van der Waals surface area contributed by atoms with Crippen molar-refractivity contribution in [2.24, 2.45) is 5.73 Å². The van der Waals surface area contributed by atoms with Crippen LogP contribution in [0.25, 0.3) is 0 Å². The van der Waals surface area contributed by atoms with E-state index in [1.165, 1.54) is 0 Å². The van der Waals surface area contributed by atoms with Crippen molar-refractivity contribution in [2.45, 2.75) is 51.4 Å². The van der Waals surface area contributed by atoms with Gasteiger partial charge in [-0.3, -0.25) is 4.79 Å². The second-order valence-corrected chi connectivity index (χ2v) is 6.26. The van der Waals surface area contributed by atoms with Crippen molar-refractivity contribution < 1.29 is 14.3 Å². The molecule has 2 rings (SSSR count). The molecule has 1 aliphatic rings. The lowest BCUT2D eigenvalue weighted by atomic mass is 10.1. The van der Waals surface area contributed by atoms with E-state index in [2.05, 4.69) is 5.32 Å². The van der Waals surface area contributed by atoms with E-state index < -0.39 is 6.10 Å². The molecule has 1 aromatic rings. The SMILES string of the molecule is CC(C)(C)Oc1ccccc1NC(=O)[C@@H]1CC[C@H](CN)O1.Cl. The molecule has 0 unspecified atom stereocenters. The van der Waals surface area contributed by atoms with Gasteiger partial charge in [-0.15, -0.1) is 12.4 Å². The molecule has 1 aromatic carbocycles. The van der Waals surface area contributed by atoms with Gasteiger partial charge in [0.2, 0.25) is 0 Å². The highest BCUT2D eigenvalue weighted by Gasteiger charge is 2.30. The summed E-state index contributed by atoms with van der Waals surface area (Å²) in [5, 5.41) is 2.89. The normalized spacial score (nSPS) is 21.1. The van der Waals surface area contributed by atoms with Gasteiger partial charge in [0.1, 0.15) is 17.5 Å². The summed E-state index contributed by atoms with van der Waals surface area (Å²) in [5.74, 6) is 0.516. The van der Waals surface area contributed by atoms with E-state index in [9.17, 15) is 4.79 Å². The number of carbonyl (C=O) groups is 1. The molecule has 2 atom stereocenters. The van der Waals surface area contributed by atoms with Gasteiger partial charge in [0.05, 0.1) is 11.8 Å². The summed E-state index contributed by atoms with van der Waals surface area (Å²) in [6.07, 6.45) is 1.09. The van der Waals surface area contributed by atoms with Crippen LogP contribution < -0.4 is 15.8 Å². The first-order valence-corrected chi connectivity index (χ1v) is 7.33. The highest BCUT2D eigenvalue weighted by Crippen LogP contribution is 2.28. The molecule has 0 aliphatic carbocycles. The molecule has 3 N–H and O–H groups in total. The monoisotopic (exact) mass is 328 g/mol. The summed E-state index contributed by atoms with van der Waals surface area (Å²) in [4.78, 5) is 12.3. The van der Waals surface area contributed by atoms with Crippen LogP contribution in [-0.4, -0.2) is 30.3 Å². The molecule has 22 heavy (non-hydrogen) atoms. The lowest BCUT2D eigenvalue weighted by molar-refractivity contribution is -0.126. The highest BCUT2D eigenvalue weighted by atomic mass is 35.5. The number of carbonyl (C=O) groups excluding carboxylic acids is 1. The summed E-state index contributed by atoms with van der Waals surface area (Å²) < 4.78 is 11.5. The summed E-state index contributed by atoms with van der Waals surface area (Å²) in [7, 11) is 0. The first-order chi connectivity index (χ1) is 9.89. The minimum atomic E-state index is -0.429. The van der Waals surface area contributed by atoms with Crippen LogP contribution in [0.2, 0.25) is 0 Å². The Hall–Kier alpha value is -1.30. The third-order valence-electron chi connectivity index (χ3n) is 3.22. The van der Waals surface area contributed by atoms with Crippen molar-refractivity contribution in [3.63, 3.8) is 0 Å². The van der Waals surface area contributed by atoms with Crippen molar-refractivity contribution in [3.8, 4) is 5.75 Å². The third kappa shape index (κ3) is 5.16. The number of hydrogen-bond donors (Lipinski definition) is 2. The van der Waals surface area contributed by atoms with E-state index >= 15 is 0 Å². The van der Waals surface area contributed by atoms with Crippen LogP contribution in [0.4, 0.5) is 5.69 Å². The summed E-state index contributed by atoms with van der Waals surface area (Å²) in [6, 6.07) is 7.42. The number of halogens is 1. The number of nitrogens with two attached hydrogens (primary N) is 1. The van der Waals surface area contributed by atoms with E-state index in [1.807, 2.05) is 45.0 Å². The van der Waals surface area contributed by atoms with Crippen LogP contribution >= 0.6 is 12.4 Å². The lowest BCUT2D eigenvalue weighted by Gasteiger charge is -2.23. The van der Waals surface area contributed by atoms with E-state index in [0.29, 0.717) is 24.4 Å². The number of nitrogens with one attached hydrogen (secondary N) is 1. The topological polar surface area (TPSA) is 73.6 Å². The van der Waals surface area contributed by atoms with Crippen molar-refractivity contribution in [1.82, 2.24) is 0 Å². The first-order valence-electron chi connectivity index (χ1n) is 7.33. The number of hydrogen-bond acceptors (Lipinski definition) is 4. The Morgan fingerprint density at radius 1 is 1.36 bits per heavy atom. The number of amides is 1. The zero-order valence-corrected chi connectivity index (χ0v) is 14.1. The Labute approximate surface area is 138 Å². The van der Waals surface area contributed by atoms with Crippen molar-refractivity contribution >= 4 is 24.0 Å². The molecule has 1 amide bonds. The van der Waals surface area contributed by atoms with Crippen LogP contribution in [-0.2, 0) is 9.53 Å². The van der Waals surface area contributed by atoms with Gasteiger partial charge in [-0.25, -0.2) is 0 Å². The van der Waals surface area contributed by atoms with Gasteiger partial charge in [0.15, 0.2) is 0 Å². The van der Waals surface area contributed by atoms with Gasteiger partial charge in [0, 0.05) is 6.54 Å². The fourth-order valence-electron chi connectivity index (χ4n) is 2.27. The molecule has 5 nitrogen and oxygen atoms in total. The summed E-state index contributed by atoms with van der Waals surface area (Å²) in [6.45, 7) is 6.36. The zero-order valence-electron chi connectivity index (χ0n) is 13.3. The predicted molar refractivity (Wildman–Crippen MR) is 89.7 cm³/mol. The van der Waals surface area contributed by atoms with E-state index in [1.54, 1.807) is 0 Å². The minimum absolute atomic E-state index is 0. The molecule has 0 saturated carbocycles. The molecule has 0 aromatic heterocycles. The van der Waals surface area contributed by atoms with Crippen LogP contribution in [0.3, 0.4) is 0 Å². The van der Waals surface area contributed by atoms with Crippen LogP contribution in [0.15, 0.2) is 24.3 Å². The molecule has 1 saturated heterocycles. The largest absolute Gasteiger partial charge is 0.486 e. The van der Waals surface area contributed by atoms with Gasteiger partial charge >= 0.3 is 0 Å². The highest BCUT2D eigenvalue weighted by molar-refractivity contribution is 5.95. The Morgan fingerprint density at radius 2 is 2.05 bits per heavy atom. The molecule has 1 heterocycles. The van der Waals surface area contributed by atoms with Crippen LogP contribution in [0.5, 0.6) is 5.75 Å². The molecule has 1 aliphatic heterocycles. The smallest absolute Gasteiger partial charge is 0.253 e. The zero-order chi connectivity index (χ0) is 15.5. The van der Waals surface area contributed by atoms with Crippen molar-refractivity contribution in [3.05, 3.63) is 24.3 Å². The van der Waals surface area contributed by atoms with Gasteiger partial charge < -0.3 is 20.5 Å². The van der Waals surface area contributed by atoms with E-state index in [0.717, 1.165) is 6.42 Å². The second-order valence-electron chi connectivity index (χ2n) is 6.26. The van der Waals surface area contributed by atoms with Crippen LogP contribution in [0.1, 0.15) is 33.6 Å². The summed E-state index contributed by atoms with van der Waals surface area (Å²) in [5.41, 5.74) is 5.91. The number of benzene rings is 1. The molecular weight excluding hydrogens is 304 g/mol. The quantitative estimate of drug-likeness (QED) is 0.891. The standard InChI is InChI=1S/C16H24N2O3.ClH/c1-16(2,3)21-13-7-5-4-6-12(13)18-15(19)14-9-8-11(10-17)20-14;/h4-7,11,14H,8-10,17H2,1-3H3,(H,18,19);1H/t11-,14+;/m1./s1. The fraction of sp³-hybridized carbons (Fsp3) is 0.562. The maximum Gasteiger partial charge on any atom is 0.253 e. The number of para-hydroxylation sites is 2. The molecule has 0 radical (unpaired) electrons. The molecular formula is C16H25ClN2O3. The maximum atomic E-state index is 12.3. The Morgan fingerprint density at radius 3 is 2.64 bits per heavy atom. The van der Waals surface area contributed by atoms with Gasteiger partial charge in [0.25, 0.3) is 5.91 Å². The van der Waals surface area contributed by atoms with Crippen LogP contribution in [0, 0.1) is 0 Å². The van der Waals surface area contributed by atoms with Crippen molar-refractivity contribution in [1.29, 1.82) is 0 Å². The van der Waals surface area contributed by atoms with Gasteiger partial charge in [-0.05, 0) is 45.7 Å². The number of anilines is 1. The second kappa shape index (κ2) is 7.81. The molecule has 0 spiro atoms. The van der Waals surface area contributed by atoms with Gasteiger partial charge in [-0.1, -0.05) is 12.1 Å². The Balaban J connectivity index is 0.00000242. The molecule has 124 valence electrons. The van der Waals surface area contributed by atoms with Crippen molar-refractivity contribution in [2.75, 3.05) is 11.9 Å². The molecule has 6 heteroatoms. The maximum absolute atomic E-state index is 12.3. The number of ether oxygens (including phenoxy) is 2. The Bertz CT molecular complexity index is 502. The molecule has 1 fully saturated rings. The van der Waals surface area contributed by atoms with Gasteiger partial charge in [-0.2, -0.15) is 0 Å². The summed E-state index contributed by atoms with van der Waals surface area (Å²) >= 11 is 0. The predicted octanol–water partition coefficient (Wildman–Crippen LogP) is 2.73. The minimum Gasteiger partial charge on any atom is -0.486 e. The number of rotatable bonds is 4.